The van der Waals surface area contributed by atoms with E-state index in [4.69, 9.17) is 5.11 Å². The normalized spacial score (nSPS) is 13.8. The number of hydrogen-bond donors (Lipinski definition) is 3. The van der Waals surface area contributed by atoms with Gasteiger partial charge in [0.15, 0.2) is 0 Å². The number of amides is 2. The van der Waals surface area contributed by atoms with Crippen molar-refractivity contribution in [1.82, 2.24) is 5.32 Å². The van der Waals surface area contributed by atoms with E-state index in [1.807, 2.05) is 0 Å². The van der Waals surface area contributed by atoms with E-state index in [0.29, 0.717) is 6.54 Å². The summed E-state index contributed by atoms with van der Waals surface area (Å²) >= 11 is 0. The van der Waals surface area contributed by atoms with Crippen LogP contribution in [0.5, 0.6) is 0 Å². The molecule has 0 heterocycles. The smallest absolute Gasteiger partial charge is 0.338 e. The van der Waals surface area contributed by atoms with Gasteiger partial charge in [0.1, 0.15) is 5.82 Å². The molecule has 0 aliphatic heterocycles. The highest BCUT2D eigenvalue weighted by atomic mass is 19.1. The van der Waals surface area contributed by atoms with Crippen molar-refractivity contribution in [3.05, 3.63) is 29.6 Å². The highest BCUT2D eigenvalue weighted by molar-refractivity contribution is 5.93. The largest absolute Gasteiger partial charge is 0.478 e. The van der Waals surface area contributed by atoms with Gasteiger partial charge in [-0.1, -0.05) is 12.8 Å². The summed E-state index contributed by atoms with van der Waals surface area (Å²) < 4.78 is 13.2. The molecule has 1 saturated carbocycles. The topological polar surface area (TPSA) is 78.4 Å². The van der Waals surface area contributed by atoms with Crippen LogP contribution in [0, 0.1) is 11.7 Å². The fraction of sp³-hybridized carbons (Fsp3) is 0.429. The fourth-order valence-electron chi connectivity index (χ4n) is 1.94. The van der Waals surface area contributed by atoms with E-state index >= 15 is 0 Å². The van der Waals surface area contributed by atoms with E-state index in [-0.39, 0.29) is 5.69 Å². The lowest BCUT2D eigenvalue weighted by Gasteiger charge is -2.08. The molecule has 0 spiro atoms. The lowest BCUT2D eigenvalue weighted by atomic mass is 10.2. The van der Waals surface area contributed by atoms with Crippen LogP contribution in [0.1, 0.15) is 36.0 Å². The summed E-state index contributed by atoms with van der Waals surface area (Å²) in [5.41, 5.74) is -0.208. The number of carbonyl (C=O) groups is 2. The molecule has 0 aromatic heterocycles. The van der Waals surface area contributed by atoms with E-state index < -0.39 is 23.4 Å². The molecule has 2 rings (SSSR count). The van der Waals surface area contributed by atoms with Gasteiger partial charge in [-0.3, -0.25) is 0 Å². The SMILES string of the molecule is O=C(NCCCC1CC1)Nc1ccc(F)c(C(=O)O)c1. The van der Waals surface area contributed by atoms with Crippen LogP contribution in [-0.2, 0) is 0 Å². The van der Waals surface area contributed by atoms with E-state index in [2.05, 4.69) is 10.6 Å². The zero-order valence-electron chi connectivity index (χ0n) is 11.0. The molecule has 1 aromatic carbocycles. The molecule has 1 aromatic rings. The molecule has 0 bridgehead atoms. The van der Waals surface area contributed by atoms with Crippen molar-refractivity contribution in [3.8, 4) is 0 Å². The Morgan fingerprint density at radius 2 is 2.10 bits per heavy atom. The van der Waals surface area contributed by atoms with Gasteiger partial charge in [0.05, 0.1) is 5.56 Å². The maximum Gasteiger partial charge on any atom is 0.338 e. The van der Waals surface area contributed by atoms with Gasteiger partial charge in [-0.25, -0.2) is 14.0 Å². The highest BCUT2D eigenvalue weighted by Crippen LogP contribution is 2.33. The zero-order chi connectivity index (χ0) is 14.5. The molecule has 0 atom stereocenters. The van der Waals surface area contributed by atoms with Crippen LogP contribution in [0.4, 0.5) is 14.9 Å². The number of hydrogen-bond acceptors (Lipinski definition) is 2. The summed E-state index contributed by atoms with van der Waals surface area (Å²) in [6.45, 7) is 0.579. The molecule has 20 heavy (non-hydrogen) atoms. The summed E-state index contributed by atoms with van der Waals surface area (Å²) in [6, 6.07) is 3.03. The minimum atomic E-state index is -1.36. The van der Waals surface area contributed by atoms with Crippen LogP contribution in [0.2, 0.25) is 0 Å². The van der Waals surface area contributed by atoms with Gasteiger partial charge in [0.2, 0.25) is 0 Å². The third-order valence-electron chi connectivity index (χ3n) is 3.23. The van der Waals surface area contributed by atoms with Crippen molar-refractivity contribution in [2.45, 2.75) is 25.7 Å². The number of rotatable bonds is 6. The molecule has 108 valence electrons. The second-order valence-electron chi connectivity index (χ2n) is 4.97. The first-order valence-electron chi connectivity index (χ1n) is 6.64. The molecule has 0 unspecified atom stereocenters. The molecular formula is C14H17FN2O3. The van der Waals surface area contributed by atoms with E-state index in [1.54, 1.807) is 0 Å². The summed E-state index contributed by atoms with van der Waals surface area (Å²) in [4.78, 5) is 22.3. The van der Waals surface area contributed by atoms with Crippen LogP contribution in [0.15, 0.2) is 18.2 Å². The predicted octanol–water partition coefficient (Wildman–Crippen LogP) is 2.84. The van der Waals surface area contributed by atoms with Gasteiger partial charge in [0, 0.05) is 12.2 Å². The minimum Gasteiger partial charge on any atom is -0.478 e. The molecule has 3 N–H and O–H groups in total. The Balaban J connectivity index is 1.80. The Kier molecular flexibility index (Phi) is 4.55. The average molecular weight is 280 g/mol. The van der Waals surface area contributed by atoms with E-state index in [1.165, 1.54) is 18.9 Å². The van der Waals surface area contributed by atoms with Gasteiger partial charge >= 0.3 is 12.0 Å². The first-order chi connectivity index (χ1) is 9.56. The Hall–Kier alpha value is -2.11. The predicted molar refractivity (Wildman–Crippen MR) is 72.3 cm³/mol. The molecule has 0 radical (unpaired) electrons. The van der Waals surface area contributed by atoms with Gasteiger partial charge in [-0.05, 0) is 37.0 Å². The summed E-state index contributed by atoms with van der Waals surface area (Å²) in [5, 5.41) is 14.0. The second kappa shape index (κ2) is 6.36. The number of carboxylic acids is 1. The van der Waals surface area contributed by atoms with Gasteiger partial charge in [-0.2, -0.15) is 0 Å². The number of urea groups is 1. The van der Waals surface area contributed by atoms with Crippen LogP contribution < -0.4 is 10.6 Å². The van der Waals surface area contributed by atoms with Crippen molar-refractivity contribution in [3.63, 3.8) is 0 Å². The molecule has 0 saturated heterocycles. The number of aromatic carboxylic acids is 1. The minimum absolute atomic E-state index is 0.253. The van der Waals surface area contributed by atoms with Crippen molar-refractivity contribution >= 4 is 17.7 Å². The summed E-state index contributed by atoms with van der Waals surface area (Å²) in [7, 11) is 0. The van der Waals surface area contributed by atoms with Crippen molar-refractivity contribution < 1.29 is 19.1 Å². The third-order valence-corrected chi connectivity index (χ3v) is 3.23. The third kappa shape index (κ3) is 4.22. The Labute approximate surface area is 116 Å². The second-order valence-corrected chi connectivity index (χ2v) is 4.97. The van der Waals surface area contributed by atoms with E-state index in [0.717, 1.165) is 30.9 Å². The number of nitrogens with one attached hydrogen (secondary N) is 2. The Morgan fingerprint density at radius 3 is 2.75 bits per heavy atom. The quantitative estimate of drug-likeness (QED) is 0.701. The number of carbonyl (C=O) groups excluding carboxylic acids is 1. The van der Waals surface area contributed by atoms with Crippen molar-refractivity contribution in [2.75, 3.05) is 11.9 Å². The van der Waals surface area contributed by atoms with Gasteiger partial charge in [0.25, 0.3) is 0 Å². The Bertz CT molecular complexity index is 515. The monoisotopic (exact) mass is 280 g/mol. The first-order valence-corrected chi connectivity index (χ1v) is 6.64. The Morgan fingerprint density at radius 1 is 1.35 bits per heavy atom. The maximum absolute atomic E-state index is 13.2. The van der Waals surface area contributed by atoms with Crippen LogP contribution in [-0.4, -0.2) is 23.7 Å². The molecular weight excluding hydrogens is 263 g/mol. The molecule has 5 nitrogen and oxygen atoms in total. The standard InChI is InChI=1S/C14H17FN2O3/c15-12-6-5-10(8-11(12)13(18)19)17-14(20)16-7-1-2-9-3-4-9/h5-6,8-9H,1-4,7H2,(H,18,19)(H2,16,17,20). The summed E-state index contributed by atoms with van der Waals surface area (Å²) in [6.07, 6.45) is 4.64. The molecule has 2 amide bonds. The van der Waals surface area contributed by atoms with Gasteiger partial charge in [-0.15, -0.1) is 0 Å². The first kappa shape index (κ1) is 14.3. The molecule has 1 aliphatic carbocycles. The molecule has 6 heteroatoms. The average Bonchev–Trinajstić information content (AvgIpc) is 3.21. The maximum atomic E-state index is 13.2. The van der Waals surface area contributed by atoms with Gasteiger partial charge < -0.3 is 15.7 Å². The summed E-state index contributed by atoms with van der Waals surface area (Å²) in [5.74, 6) is -1.36. The van der Waals surface area contributed by atoms with Crippen molar-refractivity contribution in [1.29, 1.82) is 0 Å². The van der Waals surface area contributed by atoms with Crippen LogP contribution in [0.3, 0.4) is 0 Å². The molecule has 1 aliphatic rings. The molecule has 1 fully saturated rings. The number of halogens is 1. The number of carboxylic acid groups (broad SMARTS) is 1. The van der Waals surface area contributed by atoms with E-state index in [9.17, 15) is 14.0 Å². The number of anilines is 1. The number of benzene rings is 1. The van der Waals surface area contributed by atoms with Crippen LogP contribution in [0.25, 0.3) is 0 Å². The highest BCUT2D eigenvalue weighted by Gasteiger charge is 2.20. The lowest BCUT2D eigenvalue weighted by molar-refractivity contribution is 0.0692. The van der Waals surface area contributed by atoms with Crippen LogP contribution >= 0.6 is 0 Å². The fourth-order valence-corrected chi connectivity index (χ4v) is 1.94. The van der Waals surface area contributed by atoms with Crippen molar-refractivity contribution in [2.24, 2.45) is 5.92 Å². The lowest BCUT2D eigenvalue weighted by Crippen LogP contribution is -2.29. The zero-order valence-corrected chi connectivity index (χ0v) is 11.0.